The van der Waals surface area contributed by atoms with Gasteiger partial charge in [0, 0.05) is 21.5 Å². The third kappa shape index (κ3) is 5.47. The quantitative estimate of drug-likeness (QED) is 0.209. The van der Waals surface area contributed by atoms with E-state index in [0.717, 1.165) is 39.1 Å². The highest BCUT2D eigenvalue weighted by molar-refractivity contribution is 8.00. The molecule has 0 saturated carbocycles. The molecule has 12 heteroatoms. The topological polar surface area (TPSA) is 115 Å². The van der Waals surface area contributed by atoms with Crippen molar-refractivity contribution in [3.63, 3.8) is 0 Å². The first kappa shape index (κ1) is 29.9. The molecule has 2 aliphatic heterocycles. The Balaban J connectivity index is 1.36. The summed E-state index contributed by atoms with van der Waals surface area (Å²) in [5.41, 5.74) is 3.01. The maximum atomic E-state index is 14.1. The van der Waals surface area contributed by atoms with Crippen molar-refractivity contribution in [3.05, 3.63) is 109 Å². The number of nitrogens with one attached hydrogen (secondary N) is 1. The van der Waals surface area contributed by atoms with Gasteiger partial charge in [0.15, 0.2) is 0 Å². The van der Waals surface area contributed by atoms with E-state index in [2.05, 4.69) is 5.32 Å². The summed E-state index contributed by atoms with van der Waals surface area (Å²) >= 11 is 8.28. The van der Waals surface area contributed by atoms with Crippen molar-refractivity contribution in [1.29, 1.82) is 0 Å². The average Bonchev–Trinajstić information content (AvgIpc) is 3.45. The minimum atomic E-state index is -0.846. The van der Waals surface area contributed by atoms with Crippen molar-refractivity contribution >= 4 is 69.8 Å². The number of anilines is 2. The zero-order valence-electron chi connectivity index (χ0n) is 23.6. The first-order chi connectivity index (χ1) is 21.2. The van der Waals surface area contributed by atoms with Crippen molar-refractivity contribution in [2.75, 3.05) is 16.8 Å². The first-order valence-corrected chi connectivity index (χ1v) is 15.9. The molecule has 1 aromatic heterocycles. The second-order valence-electron chi connectivity index (χ2n) is 10.4. The number of ether oxygens (including phenoxy) is 1. The second kappa shape index (κ2) is 12.1. The van der Waals surface area contributed by atoms with E-state index in [1.54, 1.807) is 55.5 Å². The van der Waals surface area contributed by atoms with Crippen LogP contribution in [0.2, 0.25) is 5.02 Å². The largest absolute Gasteiger partial charge is 0.462 e. The second-order valence-corrected chi connectivity index (χ2v) is 13.0. The van der Waals surface area contributed by atoms with Gasteiger partial charge in [0.2, 0.25) is 17.7 Å². The van der Waals surface area contributed by atoms with E-state index in [9.17, 15) is 24.0 Å². The number of thioether (sulfide) groups is 1. The lowest BCUT2D eigenvalue weighted by molar-refractivity contribution is -0.122. The molecule has 9 nitrogen and oxygen atoms in total. The minimum Gasteiger partial charge on any atom is -0.462 e. The first-order valence-electron chi connectivity index (χ1n) is 13.8. The number of carbonyl (C=O) groups excluding carboxylic acids is 4. The van der Waals surface area contributed by atoms with Gasteiger partial charge in [-0.1, -0.05) is 64.5 Å². The third-order valence-electron chi connectivity index (χ3n) is 7.55. The summed E-state index contributed by atoms with van der Waals surface area (Å²) in [5, 5.41) is 2.97. The Hall–Kier alpha value is -4.19. The molecular weight excluding hydrogens is 622 g/mol. The SMILES string of the molecule is CCOC(=O)c1ccc(N2C(=O)C3Sc4c(sc(=O)n4CC(=O)Nc4ccc(C)cc4)C(c4ccc(Cl)cc4)C3C2=O)cc1. The number of rotatable bonds is 7. The number of aromatic nitrogens is 1. The predicted octanol–water partition coefficient (Wildman–Crippen LogP) is 5.48. The van der Waals surface area contributed by atoms with E-state index in [0.29, 0.717) is 31.9 Å². The lowest BCUT2D eigenvalue weighted by atomic mass is 9.83. The highest BCUT2D eigenvalue weighted by Gasteiger charge is 2.56. The Morgan fingerprint density at radius 3 is 2.27 bits per heavy atom. The Morgan fingerprint density at radius 2 is 1.61 bits per heavy atom. The monoisotopic (exact) mass is 647 g/mol. The van der Waals surface area contributed by atoms with Crippen molar-refractivity contribution in [1.82, 2.24) is 4.57 Å². The standard InChI is InChI=1S/C32H26ClN3O6S2/c1-3-42-31(40)19-8-14-22(15-9-19)36-28(38)25-24(18-6-10-20(33)11-7-18)27-30(43-26(25)29(36)39)35(32(41)44-27)16-23(37)34-21-12-4-17(2)5-13-21/h4-15,24-26H,3,16H2,1-2H3,(H,34,37). The summed E-state index contributed by atoms with van der Waals surface area (Å²) in [5.74, 6) is -3.16. The number of esters is 1. The third-order valence-corrected chi connectivity index (χ3v) is 10.4. The maximum absolute atomic E-state index is 14.1. The Bertz CT molecular complexity index is 1830. The van der Waals surface area contributed by atoms with Crippen LogP contribution in [0.4, 0.5) is 11.4 Å². The highest BCUT2D eigenvalue weighted by Crippen LogP contribution is 2.54. The van der Waals surface area contributed by atoms with Crippen molar-refractivity contribution in [2.24, 2.45) is 5.92 Å². The van der Waals surface area contributed by atoms with Crippen LogP contribution in [0.15, 0.2) is 82.6 Å². The number of thiazole rings is 1. The van der Waals surface area contributed by atoms with Gasteiger partial charge in [-0.05, 0) is 67.9 Å². The normalized spacial score (nSPS) is 19.0. The van der Waals surface area contributed by atoms with Gasteiger partial charge < -0.3 is 10.1 Å². The zero-order valence-corrected chi connectivity index (χ0v) is 26.0. The van der Waals surface area contributed by atoms with Crippen LogP contribution < -0.4 is 15.1 Å². The van der Waals surface area contributed by atoms with Crippen molar-refractivity contribution < 1.29 is 23.9 Å². The zero-order chi connectivity index (χ0) is 31.1. The summed E-state index contributed by atoms with van der Waals surface area (Å²) in [6.45, 7) is 3.62. The number of carbonyl (C=O) groups is 4. The molecule has 0 aliphatic carbocycles. The van der Waals surface area contributed by atoms with Gasteiger partial charge in [0.25, 0.3) is 0 Å². The molecule has 1 fully saturated rings. The number of hydrogen-bond donors (Lipinski definition) is 1. The highest BCUT2D eigenvalue weighted by atomic mass is 35.5. The van der Waals surface area contributed by atoms with E-state index in [4.69, 9.17) is 16.3 Å². The number of benzene rings is 3. The van der Waals surface area contributed by atoms with Crippen LogP contribution in [0.3, 0.4) is 0 Å². The molecule has 1 saturated heterocycles. The smallest absolute Gasteiger partial charge is 0.338 e. The van der Waals surface area contributed by atoms with Gasteiger partial charge in [-0.3, -0.25) is 23.7 Å². The van der Waals surface area contributed by atoms with Gasteiger partial charge in [0.05, 0.1) is 28.8 Å². The fourth-order valence-corrected chi connectivity index (χ4v) is 8.38. The molecule has 3 aromatic carbocycles. The summed E-state index contributed by atoms with van der Waals surface area (Å²) in [6, 6.07) is 20.4. The van der Waals surface area contributed by atoms with E-state index in [-0.39, 0.29) is 23.9 Å². The lowest BCUT2D eigenvalue weighted by Crippen LogP contribution is -2.33. The van der Waals surface area contributed by atoms with Crippen LogP contribution in [-0.2, 0) is 25.7 Å². The van der Waals surface area contributed by atoms with Crippen LogP contribution in [0.1, 0.15) is 39.2 Å². The molecule has 224 valence electrons. The van der Waals surface area contributed by atoms with Crippen LogP contribution >= 0.6 is 34.7 Å². The molecule has 6 rings (SSSR count). The number of aryl methyl sites for hydroxylation is 1. The molecule has 4 aromatic rings. The van der Waals surface area contributed by atoms with Gasteiger partial charge >= 0.3 is 10.8 Å². The van der Waals surface area contributed by atoms with Gasteiger partial charge in [-0.25, -0.2) is 9.69 Å². The molecule has 0 bridgehead atoms. The Kier molecular flexibility index (Phi) is 8.19. The van der Waals surface area contributed by atoms with Crippen LogP contribution in [0.25, 0.3) is 0 Å². The fourth-order valence-electron chi connectivity index (χ4n) is 5.48. The molecule has 3 amide bonds. The van der Waals surface area contributed by atoms with Crippen LogP contribution in [0, 0.1) is 12.8 Å². The lowest BCUT2D eigenvalue weighted by Gasteiger charge is -2.30. The molecular formula is C32H26ClN3O6S2. The number of nitrogens with zero attached hydrogens (tertiary/aromatic N) is 2. The molecule has 0 radical (unpaired) electrons. The number of imide groups is 1. The molecule has 2 aliphatic rings. The summed E-state index contributed by atoms with van der Waals surface area (Å²) in [6.07, 6.45) is 0. The van der Waals surface area contributed by atoms with E-state index >= 15 is 0 Å². The number of hydrogen-bond acceptors (Lipinski definition) is 8. The Morgan fingerprint density at radius 1 is 0.932 bits per heavy atom. The molecule has 3 unspecified atom stereocenters. The molecule has 3 atom stereocenters. The van der Waals surface area contributed by atoms with Crippen LogP contribution in [0.5, 0.6) is 0 Å². The van der Waals surface area contributed by atoms with Crippen molar-refractivity contribution in [3.8, 4) is 0 Å². The van der Waals surface area contributed by atoms with E-state index in [1.807, 2.05) is 19.1 Å². The van der Waals surface area contributed by atoms with Gasteiger partial charge in [-0.2, -0.15) is 0 Å². The number of fused-ring (bicyclic) bond motifs is 2. The summed E-state index contributed by atoms with van der Waals surface area (Å²) < 4.78 is 6.42. The predicted molar refractivity (Wildman–Crippen MR) is 170 cm³/mol. The molecule has 44 heavy (non-hydrogen) atoms. The Labute approximate surface area is 265 Å². The summed E-state index contributed by atoms with van der Waals surface area (Å²) in [4.78, 5) is 67.9. The molecule has 1 N–H and O–H groups in total. The maximum Gasteiger partial charge on any atom is 0.338 e. The van der Waals surface area contributed by atoms with Crippen molar-refractivity contribution in [2.45, 2.75) is 36.6 Å². The minimum absolute atomic E-state index is 0.221. The molecule has 0 spiro atoms. The van der Waals surface area contributed by atoms with Gasteiger partial charge in [0.1, 0.15) is 11.8 Å². The van der Waals surface area contributed by atoms with Gasteiger partial charge in [-0.15, -0.1) is 0 Å². The summed E-state index contributed by atoms with van der Waals surface area (Å²) in [7, 11) is 0. The van der Waals surface area contributed by atoms with Crippen LogP contribution in [-0.4, -0.2) is 40.1 Å². The van der Waals surface area contributed by atoms with E-state index < -0.39 is 34.9 Å². The molecule has 3 heterocycles. The fraction of sp³-hybridized carbons (Fsp3) is 0.219. The average molecular weight is 648 g/mol. The number of halogens is 1. The van der Waals surface area contributed by atoms with E-state index in [1.165, 1.54) is 16.7 Å². The number of amides is 3.